The highest BCUT2D eigenvalue weighted by atomic mass is 32.1. The van der Waals surface area contributed by atoms with Crippen molar-refractivity contribution in [2.24, 2.45) is 0 Å². The van der Waals surface area contributed by atoms with E-state index in [0.29, 0.717) is 23.0 Å². The maximum Gasteiger partial charge on any atom is 0.257 e. The van der Waals surface area contributed by atoms with Gasteiger partial charge in [0.2, 0.25) is 5.91 Å². The lowest BCUT2D eigenvalue weighted by Gasteiger charge is -2.20. The van der Waals surface area contributed by atoms with Gasteiger partial charge < -0.3 is 10.1 Å². The molecule has 1 aliphatic rings. The summed E-state index contributed by atoms with van der Waals surface area (Å²) in [5.41, 5.74) is 2.30. The molecule has 0 saturated heterocycles. The third kappa shape index (κ3) is 4.49. The SMILES string of the molecule is COc1ccc(C(=O)Nc2nc3c(s2)CCCC3C(=O)NCc2ccncc2)cc1. The Hall–Kier alpha value is -3.26. The first-order chi connectivity index (χ1) is 14.6. The Morgan fingerprint density at radius 3 is 2.67 bits per heavy atom. The van der Waals surface area contributed by atoms with Gasteiger partial charge in [-0.05, 0) is 61.2 Å². The second-order valence-corrected chi connectivity index (χ2v) is 8.11. The fourth-order valence-corrected chi connectivity index (χ4v) is 4.51. The molecule has 154 valence electrons. The third-order valence-electron chi connectivity index (χ3n) is 5.06. The van der Waals surface area contributed by atoms with E-state index in [1.54, 1.807) is 43.8 Å². The maximum atomic E-state index is 12.8. The molecular weight excluding hydrogens is 400 g/mol. The van der Waals surface area contributed by atoms with Crippen LogP contribution in [0.15, 0.2) is 48.8 Å². The van der Waals surface area contributed by atoms with Crippen molar-refractivity contribution in [2.45, 2.75) is 31.7 Å². The molecule has 0 radical (unpaired) electrons. The molecule has 0 spiro atoms. The number of ether oxygens (including phenoxy) is 1. The van der Waals surface area contributed by atoms with E-state index in [1.807, 2.05) is 12.1 Å². The fourth-order valence-electron chi connectivity index (χ4n) is 3.45. The topological polar surface area (TPSA) is 93.2 Å². The molecule has 2 amide bonds. The van der Waals surface area contributed by atoms with E-state index < -0.39 is 0 Å². The first-order valence-corrected chi connectivity index (χ1v) is 10.6. The highest BCUT2D eigenvalue weighted by Crippen LogP contribution is 2.37. The van der Waals surface area contributed by atoms with E-state index in [9.17, 15) is 9.59 Å². The predicted octanol–water partition coefficient (Wildman–Crippen LogP) is 3.54. The zero-order valence-corrected chi connectivity index (χ0v) is 17.4. The summed E-state index contributed by atoms with van der Waals surface area (Å²) < 4.78 is 5.12. The number of nitrogens with zero attached hydrogens (tertiary/aromatic N) is 2. The van der Waals surface area contributed by atoms with E-state index in [-0.39, 0.29) is 17.7 Å². The summed E-state index contributed by atoms with van der Waals surface area (Å²) in [6.45, 7) is 0.457. The van der Waals surface area contributed by atoms with Crippen LogP contribution in [0.5, 0.6) is 5.75 Å². The van der Waals surface area contributed by atoms with Crippen LogP contribution in [0.1, 0.15) is 45.3 Å². The molecule has 8 heteroatoms. The summed E-state index contributed by atoms with van der Waals surface area (Å²) in [4.78, 5) is 35.0. The standard InChI is InChI=1S/C22H22N4O3S/c1-29-16-7-5-15(6-8-16)20(27)26-22-25-19-17(3-2-4-18(19)30-22)21(28)24-13-14-9-11-23-12-10-14/h5-12,17H,2-4,13H2,1H3,(H,24,28)(H,25,26,27). The van der Waals surface area contributed by atoms with Crippen molar-refractivity contribution in [3.05, 3.63) is 70.5 Å². The lowest BCUT2D eigenvalue weighted by molar-refractivity contribution is -0.123. The number of hydrogen-bond donors (Lipinski definition) is 2. The molecule has 0 aliphatic heterocycles. The molecule has 1 aromatic carbocycles. The normalized spacial score (nSPS) is 15.2. The molecule has 0 bridgehead atoms. The summed E-state index contributed by atoms with van der Waals surface area (Å²) in [6.07, 6.45) is 5.97. The average molecular weight is 423 g/mol. The molecule has 3 aromatic rings. The summed E-state index contributed by atoms with van der Waals surface area (Å²) in [5.74, 6) is 0.129. The third-order valence-corrected chi connectivity index (χ3v) is 6.11. The Balaban J connectivity index is 1.44. The number of thiazole rings is 1. The van der Waals surface area contributed by atoms with Crippen molar-refractivity contribution in [1.29, 1.82) is 0 Å². The van der Waals surface area contributed by atoms with Gasteiger partial charge in [0, 0.05) is 29.4 Å². The van der Waals surface area contributed by atoms with E-state index in [4.69, 9.17) is 4.74 Å². The summed E-state index contributed by atoms with van der Waals surface area (Å²) in [5, 5.41) is 6.38. The van der Waals surface area contributed by atoms with Crippen LogP contribution in [0.25, 0.3) is 0 Å². The Morgan fingerprint density at radius 1 is 1.17 bits per heavy atom. The van der Waals surface area contributed by atoms with Gasteiger partial charge in [-0.25, -0.2) is 4.98 Å². The van der Waals surface area contributed by atoms with Gasteiger partial charge in [0.25, 0.3) is 5.91 Å². The smallest absolute Gasteiger partial charge is 0.257 e. The molecule has 2 N–H and O–H groups in total. The Morgan fingerprint density at radius 2 is 1.93 bits per heavy atom. The van der Waals surface area contributed by atoms with Crippen LogP contribution in [-0.4, -0.2) is 28.9 Å². The number of rotatable bonds is 6. The largest absolute Gasteiger partial charge is 0.497 e. The molecule has 1 unspecified atom stereocenters. The number of aryl methyl sites for hydroxylation is 1. The number of carbonyl (C=O) groups is 2. The lowest BCUT2D eigenvalue weighted by Crippen LogP contribution is -2.31. The van der Waals surface area contributed by atoms with Gasteiger partial charge in [0.05, 0.1) is 18.7 Å². The minimum atomic E-state index is -0.293. The van der Waals surface area contributed by atoms with Crippen LogP contribution >= 0.6 is 11.3 Å². The van der Waals surface area contributed by atoms with Gasteiger partial charge in [-0.15, -0.1) is 11.3 Å². The zero-order chi connectivity index (χ0) is 20.9. The number of benzene rings is 1. The molecule has 1 atom stereocenters. The second-order valence-electron chi connectivity index (χ2n) is 7.03. The van der Waals surface area contributed by atoms with Crippen LogP contribution in [0.3, 0.4) is 0 Å². The van der Waals surface area contributed by atoms with Crippen molar-refractivity contribution >= 4 is 28.3 Å². The highest BCUT2D eigenvalue weighted by Gasteiger charge is 2.30. The van der Waals surface area contributed by atoms with Gasteiger partial charge in [-0.2, -0.15) is 0 Å². The number of fused-ring (bicyclic) bond motifs is 1. The Kier molecular flexibility index (Phi) is 6.04. The molecule has 7 nitrogen and oxygen atoms in total. The molecule has 30 heavy (non-hydrogen) atoms. The van der Waals surface area contributed by atoms with Crippen molar-refractivity contribution in [3.63, 3.8) is 0 Å². The number of carbonyl (C=O) groups excluding carboxylic acids is 2. The summed E-state index contributed by atoms with van der Waals surface area (Å²) >= 11 is 1.45. The number of anilines is 1. The predicted molar refractivity (Wildman–Crippen MR) is 115 cm³/mol. The molecule has 1 aliphatic carbocycles. The van der Waals surface area contributed by atoms with E-state index in [0.717, 1.165) is 35.4 Å². The van der Waals surface area contributed by atoms with Crippen LogP contribution < -0.4 is 15.4 Å². The zero-order valence-electron chi connectivity index (χ0n) is 16.6. The number of aromatic nitrogens is 2. The fraction of sp³-hybridized carbons (Fsp3) is 0.273. The summed E-state index contributed by atoms with van der Waals surface area (Å²) in [6, 6.07) is 10.6. The molecule has 2 heterocycles. The van der Waals surface area contributed by atoms with Crippen LogP contribution in [0, 0.1) is 0 Å². The average Bonchev–Trinajstić information content (AvgIpc) is 3.20. The minimum Gasteiger partial charge on any atom is -0.497 e. The quantitative estimate of drug-likeness (QED) is 0.634. The Labute approximate surface area is 178 Å². The monoisotopic (exact) mass is 422 g/mol. The number of nitrogens with one attached hydrogen (secondary N) is 2. The molecule has 4 rings (SSSR count). The molecule has 2 aromatic heterocycles. The van der Waals surface area contributed by atoms with Crippen molar-refractivity contribution < 1.29 is 14.3 Å². The van der Waals surface area contributed by atoms with Crippen molar-refractivity contribution in [3.8, 4) is 5.75 Å². The van der Waals surface area contributed by atoms with Gasteiger partial charge in [-0.1, -0.05) is 0 Å². The molecular formula is C22H22N4O3S. The van der Waals surface area contributed by atoms with E-state index >= 15 is 0 Å². The van der Waals surface area contributed by atoms with Crippen molar-refractivity contribution in [1.82, 2.24) is 15.3 Å². The number of hydrogen-bond acceptors (Lipinski definition) is 6. The second kappa shape index (κ2) is 9.04. The van der Waals surface area contributed by atoms with E-state index in [1.165, 1.54) is 11.3 Å². The van der Waals surface area contributed by atoms with Gasteiger partial charge in [0.1, 0.15) is 5.75 Å². The van der Waals surface area contributed by atoms with Crippen molar-refractivity contribution in [2.75, 3.05) is 12.4 Å². The Bertz CT molecular complexity index is 1030. The van der Waals surface area contributed by atoms with Gasteiger partial charge >= 0.3 is 0 Å². The van der Waals surface area contributed by atoms with E-state index in [2.05, 4.69) is 20.6 Å². The highest BCUT2D eigenvalue weighted by molar-refractivity contribution is 7.16. The molecule has 0 fully saturated rings. The maximum absolute atomic E-state index is 12.8. The van der Waals surface area contributed by atoms with Gasteiger partial charge in [0.15, 0.2) is 5.13 Å². The lowest BCUT2D eigenvalue weighted by atomic mass is 9.90. The van der Waals surface area contributed by atoms with Crippen LogP contribution in [0.4, 0.5) is 5.13 Å². The number of amides is 2. The first-order valence-electron chi connectivity index (χ1n) is 9.75. The van der Waals surface area contributed by atoms with Crippen LogP contribution in [0.2, 0.25) is 0 Å². The summed E-state index contributed by atoms with van der Waals surface area (Å²) in [7, 11) is 1.58. The van der Waals surface area contributed by atoms with Gasteiger partial charge in [-0.3, -0.25) is 19.9 Å². The number of methoxy groups -OCH3 is 1. The first kappa shape index (κ1) is 20.0. The number of pyridine rings is 1. The van der Waals surface area contributed by atoms with Crippen LogP contribution in [-0.2, 0) is 17.8 Å². The minimum absolute atomic E-state index is 0.0360. The molecule has 0 saturated carbocycles.